The van der Waals surface area contributed by atoms with Crippen LogP contribution in [0.5, 0.6) is 0 Å². The van der Waals surface area contributed by atoms with Crippen molar-refractivity contribution in [2.24, 2.45) is 0 Å². The van der Waals surface area contributed by atoms with Crippen molar-refractivity contribution in [2.45, 2.75) is 13.5 Å². The van der Waals surface area contributed by atoms with Gasteiger partial charge in [-0.05, 0) is 37.1 Å². The molecule has 2 aromatic rings. The molecule has 0 aliphatic heterocycles. The van der Waals surface area contributed by atoms with Crippen LogP contribution in [0.3, 0.4) is 0 Å². The highest BCUT2D eigenvalue weighted by Crippen LogP contribution is 2.15. The highest BCUT2D eigenvalue weighted by Gasteiger charge is 1.96. The number of nitrogens with zero attached hydrogens (tertiary/aromatic N) is 1. The Balaban J connectivity index is 2.52. The summed E-state index contributed by atoms with van der Waals surface area (Å²) in [6.45, 7) is 2.93. The fourth-order valence-electron chi connectivity index (χ4n) is 1.61. The van der Waals surface area contributed by atoms with Gasteiger partial charge < -0.3 is 5.32 Å². The summed E-state index contributed by atoms with van der Waals surface area (Å²) in [6.07, 6.45) is 1.92. The van der Waals surface area contributed by atoms with Crippen LogP contribution in [-0.4, -0.2) is 12.0 Å². The number of nitrogens with one attached hydrogen (secondary N) is 1. The molecule has 0 radical (unpaired) electrons. The molecule has 0 aliphatic rings. The number of rotatable bonds is 2. The van der Waals surface area contributed by atoms with Crippen molar-refractivity contribution in [3.8, 4) is 0 Å². The van der Waals surface area contributed by atoms with E-state index in [0.717, 1.165) is 12.2 Å². The maximum absolute atomic E-state index is 4.27. The molecule has 2 nitrogen and oxygen atoms in total. The van der Waals surface area contributed by atoms with Gasteiger partial charge in [0.2, 0.25) is 0 Å². The Bertz CT molecular complexity index is 449. The van der Waals surface area contributed by atoms with Crippen molar-refractivity contribution < 1.29 is 0 Å². The van der Waals surface area contributed by atoms with Gasteiger partial charge in [-0.25, -0.2) is 0 Å². The zero-order valence-corrected chi connectivity index (χ0v) is 8.54. The van der Waals surface area contributed by atoms with Gasteiger partial charge in [-0.2, -0.15) is 0 Å². The van der Waals surface area contributed by atoms with Crippen LogP contribution >= 0.6 is 0 Å². The zero-order chi connectivity index (χ0) is 9.97. The number of pyridine rings is 1. The van der Waals surface area contributed by atoms with Crippen LogP contribution in [0.4, 0.5) is 0 Å². The maximum atomic E-state index is 4.27. The Morgan fingerprint density at radius 2 is 2.07 bits per heavy atom. The normalized spacial score (nSPS) is 10.7. The van der Waals surface area contributed by atoms with Crippen LogP contribution < -0.4 is 5.32 Å². The number of hydrogen-bond acceptors (Lipinski definition) is 2. The Kier molecular flexibility index (Phi) is 2.46. The SMILES string of the molecule is CNCc1ccc2cnc(C)cc2c1. The van der Waals surface area contributed by atoms with Gasteiger partial charge in [0, 0.05) is 23.8 Å². The molecule has 14 heavy (non-hydrogen) atoms. The molecule has 1 aromatic heterocycles. The third-order valence-electron chi connectivity index (χ3n) is 2.30. The first kappa shape index (κ1) is 9.16. The molecule has 2 heteroatoms. The van der Waals surface area contributed by atoms with E-state index in [1.165, 1.54) is 16.3 Å². The molecule has 0 atom stereocenters. The quantitative estimate of drug-likeness (QED) is 0.778. The molecule has 1 N–H and O–H groups in total. The molecule has 0 saturated carbocycles. The summed E-state index contributed by atoms with van der Waals surface area (Å²) in [5.41, 5.74) is 2.38. The molecule has 0 bridgehead atoms. The lowest BCUT2D eigenvalue weighted by Gasteiger charge is -2.03. The zero-order valence-electron chi connectivity index (χ0n) is 8.54. The van der Waals surface area contributed by atoms with Gasteiger partial charge in [0.25, 0.3) is 0 Å². The van der Waals surface area contributed by atoms with Crippen LogP contribution in [-0.2, 0) is 6.54 Å². The fraction of sp³-hybridized carbons (Fsp3) is 0.250. The van der Waals surface area contributed by atoms with Crippen molar-refractivity contribution in [1.82, 2.24) is 10.3 Å². The van der Waals surface area contributed by atoms with E-state index in [2.05, 4.69) is 34.6 Å². The molecule has 2 rings (SSSR count). The van der Waals surface area contributed by atoms with Crippen LogP contribution in [0.25, 0.3) is 10.8 Å². The first-order chi connectivity index (χ1) is 6.79. The predicted octanol–water partition coefficient (Wildman–Crippen LogP) is 2.26. The summed E-state index contributed by atoms with van der Waals surface area (Å²) < 4.78 is 0. The van der Waals surface area contributed by atoms with Crippen LogP contribution in [0, 0.1) is 6.92 Å². The lowest BCUT2D eigenvalue weighted by Crippen LogP contribution is -2.04. The van der Waals surface area contributed by atoms with E-state index in [0.29, 0.717) is 0 Å². The predicted molar refractivity (Wildman–Crippen MR) is 59.2 cm³/mol. The van der Waals surface area contributed by atoms with Gasteiger partial charge in [-0.3, -0.25) is 4.98 Å². The molecule has 0 saturated heterocycles. The van der Waals surface area contributed by atoms with Crippen molar-refractivity contribution in [2.75, 3.05) is 7.05 Å². The van der Waals surface area contributed by atoms with Crippen molar-refractivity contribution in [3.05, 3.63) is 41.7 Å². The number of fused-ring (bicyclic) bond motifs is 1. The van der Waals surface area contributed by atoms with E-state index in [4.69, 9.17) is 0 Å². The Labute approximate surface area is 84.0 Å². The van der Waals surface area contributed by atoms with Gasteiger partial charge in [0.1, 0.15) is 0 Å². The van der Waals surface area contributed by atoms with E-state index in [-0.39, 0.29) is 0 Å². The summed E-state index contributed by atoms with van der Waals surface area (Å²) in [4.78, 5) is 4.27. The lowest BCUT2D eigenvalue weighted by atomic mass is 10.1. The minimum atomic E-state index is 0.914. The summed E-state index contributed by atoms with van der Waals surface area (Å²) in [7, 11) is 1.96. The number of aromatic nitrogens is 1. The molecule has 1 heterocycles. The third kappa shape index (κ3) is 1.75. The largest absolute Gasteiger partial charge is 0.316 e. The maximum Gasteiger partial charge on any atom is 0.0379 e. The molecule has 0 aliphatic carbocycles. The summed E-state index contributed by atoms with van der Waals surface area (Å²) in [6, 6.07) is 8.58. The fourth-order valence-corrected chi connectivity index (χ4v) is 1.61. The van der Waals surface area contributed by atoms with Gasteiger partial charge in [0.15, 0.2) is 0 Å². The Hall–Kier alpha value is -1.41. The molecule has 0 fully saturated rings. The highest BCUT2D eigenvalue weighted by molar-refractivity contribution is 5.82. The topological polar surface area (TPSA) is 24.9 Å². The minimum absolute atomic E-state index is 0.914. The molecule has 72 valence electrons. The summed E-state index contributed by atoms with van der Waals surface area (Å²) in [5, 5.41) is 5.62. The minimum Gasteiger partial charge on any atom is -0.316 e. The molecular formula is C12H14N2. The monoisotopic (exact) mass is 186 g/mol. The van der Waals surface area contributed by atoms with Crippen LogP contribution in [0.2, 0.25) is 0 Å². The second kappa shape index (κ2) is 3.76. The van der Waals surface area contributed by atoms with E-state index in [1.807, 2.05) is 20.2 Å². The van der Waals surface area contributed by atoms with Gasteiger partial charge in [0.05, 0.1) is 0 Å². The van der Waals surface area contributed by atoms with Gasteiger partial charge >= 0.3 is 0 Å². The van der Waals surface area contributed by atoms with Crippen LogP contribution in [0.15, 0.2) is 30.5 Å². The average Bonchev–Trinajstić information content (AvgIpc) is 2.17. The summed E-state index contributed by atoms with van der Waals surface area (Å²) >= 11 is 0. The van der Waals surface area contributed by atoms with E-state index < -0.39 is 0 Å². The van der Waals surface area contributed by atoms with Gasteiger partial charge in [-0.1, -0.05) is 12.1 Å². The Morgan fingerprint density at radius 3 is 2.86 bits per heavy atom. The van der Waals surface area contributed by atoms with Crippen molar-refractivity contribution in [1.29, 1.82) is 0 Å². The number of hydrogen-bond donors (Lipinski definition) is 1. The Morgan fingerprint density at radius 1 is 1.21 bits per heavy atom. The number of benzene rings is 1. The second-order valence-electron chi connectivity index (χ2n) is 3.54. The molecule has 0 amide bonds. The standard InChI is InChI=1S/C12H14N2/c1-9-5-12-6-10(7-13-2)3-4-11(12)8-14-9/h3-6,8,13H,7H2,1-2H3. The first-order valence-electron chi connectivity index (χ1n) is 4.79. The van der Waals surface area contributed by atoms with Crippen molar-refractivity contribution in [3.63, 3.8) is 0 Å². The molecular weight excluding hydrogens is 172 g/mol. The van der Waals surface area contributed by atoms with E-state index in [1.54, 1.807) is 0 Å². The smallest absolute Gasteiger partial charge is 0.0379 e. The van der Waals surface area contributed by atoms with Crippen LogP contribution in [0.1, 0.15) is 11.3 Å². The number of aryl methyl sites for hydroxylation is 1. The van der Waals surface area contributed by atoms with Crippen molar-refractivity contribution >= 4 is 10.8 Å². The third-order valence-corrected chi connectivity index (χ3v) is 2.30. The first-order valence-corrected chi connectivity index (χ1v) is 4.79. The highest BCUT2D eigenvalue weighted by atomic mass is 14.8. The lowest BCUT2D eigenvalue weighted by molar-refractivity contribution is 0.819. The molecule has 0 spiro atoms. The summed E-state index contributed by atoms with van der Waals surface area (Å²) in [5.74, 6) is 0. The molecule has 0 unspecified atom stereocenters. The van der Waals surface area contributed by atoms with Gasteiger partial charge in [-0.15, -0.1) is 0 Å². The van der Waals surface area contributed by atoms with E-state index >= 15 is 0 Å². The van der Waals surface area contributed by atoms with E-state index in [9.17, 15) is 0 Å². The second-order valence-corrected chi connectivity index (χ2v) is 3.54. The average molecular weight is 186 g/mol. The molecule has 1 aromatic carbocycles.